The van der Waals surface area contributed by atoms with Gasteiger partial charge in [0.15, 0.2) is 16.0 Å². The number of halogens is 2. The monoisotopic (exact) mass is 1280 g/mol. The number of carboxylic acids is 1. The third kappa shape index (κ3) is 15.4. The number of pyridine rings is 1. The summed E-state index contributed by atoms with van der Waals surface area (Å²) >= 11 is 18.0. The van der Waals surface area contributed by atoms with E-state index >= 15 is 0 Å². The molecule has 0 aliphatic carbocycles. The number of aliphatic hydroxyl groups is 1. The second-order valence-electron chi connectivity index (χ2n) is 23.5. The van der Waals surface area contributed by atoms with Gasteiger partial charge < -0.3 is 35.4 Å². The number of aromatic nitrogens is 4. The minimum atomic E-state index is -1.10. The highest BCUT2D eigenvalue weighted by Gasteiger charge is 2.45. The molecular formula is C66H71Cl2N9O8S3. The predicted molar refractivity (Wildman–Crippen MR) is 349 cm³/mol. The molecule has 8 aromatic rings. The molecule has 10 rings (SSSR count). The van der Waals surface area contributed by atoms with E-state index in [0.29, 0.717) is 93.1 Å². The number of fused-ring (bicyclic) bond motifs is 2. The number of amides is 4. The van der Waals surface area contributed by atoms with Crippen LogP contribution in [0.25, 0.3) is 31.9 Å². The predicted octanol–water partition coefficient (Wildman–Crippen LogP) is 13.3. The smallest absolute Gasteiger partial charge is 0.355 e. The minimum absolute atomic E-state index is 0.00228. The molecule has 5 N–H and O–H groups in total. The van der Waals surface area contributed by atoms with Crippen molar-refractivity contribution in [1.29, 1.82) is 0 Å². The molecule has 4 aromatic carbocycles. The highest BCUT2D eigenvalue weighted by molar-refractivity contribution is 7.22. The number of carboxylic acid groups (broad SMARTS) is 1. The van der Waals surface area contributed by atoms with Gasteiger partial charge in [0.2, 0.25) is 17.7 Å². The molecule has 1 saturated heterocycles. The third-order valence-corrected chi connectivity index (χ3v) is 19.7. The van der Waals surface area contributed by atoms with Gasteiger partial charge in [-0.25, -0.2) is 19.7 Å². The van der Waals surface area contributed by atoms with E-state index in [4.69, 9.17) is 27.9 Å². The molecule has 0 unspecified atom stereocenters. The fraction of sp³-hybridized carbons (Fsp3) is 0.379. The number of anilines is 2. The van der Waals surface area contributed by atoms with Gasteiger partial charge in [0.1, 0.15) is 17.8 Å². The third-order valence-electron chi connectivity index (χ3n) is 16.0. The van der Waals surface area contributed by atoms with Crippen LogP contribution in [0.2, 0.25) is 10.0 Å². The molecule has 4 aromatic heterocycles. The Balaban J connectivity index is 0.640. The summed E-state index contributed by atoms with van der Waals surface area (Å²) < 4.78 is 7.07. The van der Waals surface area contributed by atoms with E-state index in [1.165, 1.54) is 27.6 Å². The molecule has 17 nitrogen and oxygen atoms in total. The quantitative estimate of drug-likeness (QED) is 0.0355. The van der Waals surface area contributed by atoms with Gasteiger partial charge in [-0.2, -0.15) is 0 Å². The first kappa shape index (κ1) is 63.7. The van der Waals surface area contributed by atoms with Crippen LogP contribution in [-0.4, -0.2) is 103 Å². The summed E-state index contributed by atoms with van der Waals surface area (Å²) in [5.74, 6) is -1.77. The van der Waals surface area contributed by atoms with Crippen LogP contribution in [0.5, 0.6) is 5.75 Å². The highest BCUT2D eigenvalue weighted by Crippen LogP contribution is 2.37. The summed E-state index contributed by atoms with van der Waals surface area (Å²) in [6.07, 6.45) is 7.94. The fourth-order valence-corrected chi connectivity index (χ4v) is 14.6. The number of rotatable bonds is 24. The summed E-state index contributed by atoms with van der Waals surface area (Å²) in [5, 5.41) is 31.9. The van der Waals surface area contributed by atoms with Crippen molar-refractivity contribution in [2.75, 3.05) is 29.9 Å². The van der Waals surface area contributed by atoms with Crippen LogP contribution in [0.1, 0.15) is 139 Å². The largest absolute Gasteiger partial charge is 0.494 e. The molecule has 0 saturated carbocycles. The number of nitrogens with zero attached hydrogens (tertiary/aromatic N) is 6. The molecule has 4 amide bonds. The zero-order valence-electron chi connectivity index (χ0n) is 49.7. The second-order valence-corrected chi connectivity index (χ2v) is 27.3. The zero-order valence-corrected chi connectivity index (χ0v) is 53.7. The second kappa shape index (κ2) is 28.4. The number of para-hydroxylation sites is 1. The lowest BCUT2D eigenvalue weighted by atomic mass is 9.85. The first-order valence-corrected chi connectivity index (χ1v) is 33.0. The van der Waals surface area contributed by atoms with Gasteiger partial charge in [0.25, 0.3) is 5.91 Å². The van der Waals surface area contributed by atoms with Crippen molar-refractivity contribution >= 4 is 107 Å². The molecule has 1 fully saturated rings. The van der Waals surface area contributed by atoms with Crippen LogP contribution < -0.4 is 25.6 Å². The number of nitrogens with one attached hydrogen (secondary N) is 3. The van der Waals surface area contributed by atoms with Crippen LogP contribution >= 0.6 is 57.2 Å². The average Bonchev–Trinajstić information content (AvgIpc) is 1.88. The minimum Gasteiger partial charge on any atom is -0.494 e. The number of benzene rings is 4. The standard InChI is InChI=1S/C66H71Cl2N9O8S3/c1-38(41-22-24-43(25-23-41)58-39(2)70-37-86-58)71-61(81)52-32-44(78)35-77(52)62(82)59(66(3,4)5)73-55(79)21-10-8-6-7-9-15-40-31-50(68)56(69-34-40)47-27-26-45(33-49(47)67)85-30-14-20-54-57(63(83)84)74-65(88-54)76-29-28-42-16-13-17-46(48(42)36-76)60(80)75-64-72-51-18-11-12-19-53(51)87-64/h11-13,16-19,22-27,31,33-34,37-38,44,52,59,78H,6-10,14-15,20-21,28-30,32,35-36H2,1-5H3,(H,71,81)(H,73,79)(H,83,84)(H,72,75,80)/t38-,44+,52-,59+/m0/s1. The van der Waals surface area contributed by atoms with E-state index in [9.17, 15) is 34.2 Å². The van der Waals surface area contributed by atoms with Gasteiger partial charge >= 0.3 is 5.97 Å². The summed E-state index contributed by atoms with van der Waals surface area (Å²) in [4.78, 5) is 90.7. The number of thiazole rings is 3. The summed E-state index contributed by atoms with van der Waals surface area (Å²) in [6, 6.07) is 26.6. The Morgan fingerprint density at radius 3 is 2.38 bits per heavy atom. The first-order valence-electron chi connectivity index (χ1n) is 29.7. The topological polar surface area (TPSA) is 229 Å². The Bertz CT molecular complexity index is 3810. The van der Waals surface area contributed by atoms with E-state index in [1.54, 1.807) is 23.5 Å². The van der Waals surface area contributed by atoms with Crippen molar-refractivity contribution in [2.45, 2.75) is 136 Å². The Labute approximate surface area is 533 Å². The highest BCUT2D eigenvalue weighted by atomic mass is 35.5. The van der Waals surface area contributed by atoms with Crippen molar-refractivity contribution in [3.05, 3.63) is 157 Å². The molecule has 2 aliphatic rings. The maximum atomic E-state index is 14.2. The number of unbranched alkanes of at least 4 members (excludes halogenated alkanes) is 4. The Morgan fingerprint density at radius 1 is 0.852 bits per heavy atom. The molecule has 2 aliphatic heterocycles. The average molecular weight is 1290 g/mol. The summed E-state index contributed by atoms with van der Waals surface area (Å²) in [6.45, 7) is 10.8. The molecule has 0 spiro atoms. The van der Waals surface area contributed by atoms with Crippen LogP contribution in [-0.2, 0) is 40.2 Å². The molecule has 88 heavy (non-hydrogen) atoms. The van der Waals surface area contributed by atoms with Gasteiger partial charge in [-0.1, -0.05) is 123 Å². The van der Waals surface area contributed by atoms with Crippen LogP contribution in [0.3, 0.4) is 0 Å². The maximum Gasteiger partial charge on any atom is 0.355 e. The number of hydrogen-bond acceptors (Lipinski definition) is 15. The van der Waals surface area contributed by atoms with E-state index < -0.39 is 29.6 Å². The number of aliphatic hydroxyl groups excluding tert-OH is 1. The number of likely N-dealkylation sites (tertiary alicyclic amines) is 1. The number of aryl methyl sites for hydroxylation is 3. The molecule has 22 heteroatoms. The zero-order chi connectivity index (χ0) is 62.2. The van der Waals surface area contributed by atoms with Crippen LogP contribution in [0, 0.1) is 12.3 Å². The molecule has 6 heterocycles. The van der Waals surface area contributed by atoms with E-state index in [2.05, 4.69) is 35.9 Å². The van der Waals surface area contributed by atoms with E-state index in [1.807, 2.05) is 130 Å². The Hall–Kier alpha value is -7.33. The SMILES string of the molecule is Cc1ncsc1-c1ccc([C@H](C)NC(=O)[C@@H]2C[C@@H](O)CN2C(=O)[C@@H](NC(=O)CCCCCCCc2cnc(-c3ccc(OCCCc4sc(N5CCc6cccc(C(=O)Nc7nc8ccccc8s7)c6C5)nc4C(=O)O)cc3Cl)c(Cl)c2)C(C)(C)C)cc1. The lowest BCUT2D eigenvalue weighted by Gasteiger charge is -2.35. The van der Waals surface area contributed by atoms with Gasteiger partial charge in [0.05, 0.1) is 60.8 Å². The van der Waals surface area contributed by atoms with Crippen molar-refractivity contribution in [3.63, 3.8) is 0 Å². The van der Waals surface area contributed by atoms with Crippen molar-refractivity contribution in [1.82, 2.24) is 35.5 Å². The summed E-state index contributed by atoms with van der Waals surface area (Å²) in [7, 11) is 0. The number of aromatic carboxylic acids is 1. The normalized spacial score (nSPS) is 15.6. The number of ether oxygens (including phenoxy) is 1. The molecule has 0 bridgehead atoms. The first-order chi connectivity index (χ1) is 42.3. The Kier molecular flexibility index (Phi) is 20.6. The lowest BCUT2D eigenvalue weighted by Crippen LogP contribution is -2.57. The lowest BCUT2D eigenvalue weighted by molar-refractivity contribution is -0.144. The van der Waals surface area contributed by atoms with Crippen molar-refractivity contribution in [2.24, 2.45) is 5.41 Å². The van der Waals surface area contributed by atoms with E-state index in [-0.39, 0.29) is 54.8 Å². The van der Waals surface area contributed by atoms with Gasteiger partial charge in [-0.05, 0) is 128 Å². The number of carbonyl (C=O) groups excluding carboxylic acids is 4. The van der Waals surface area contributed by atoms with E-state index in [0.717, 1.165) is 80.7 Å². The van der Waals surface area contributed by atoms with Crippen LogP contribution in [0.4, 0.5) is 10.3 Å². The molecule has 0 radical (unpaired) electrons. The van der Waals surface area contributed by atoms with Gasteiger partial charge in [0, 0.05) is 54.7 Å². The number of β-amino-alcohol motifs (C(OH)–C–C–N with tert-alkyl or cyclic N) is 1. The van der Waals surface area contributed by atoms with Crippen molar-refractivity contribution in [3.8, 4) is 27.4 Å². The molecule has 4 atom stereocenters. The van der Waals surface area contributed by atoms with Crippen molar-refractivity contribution < 1.29 is 38.9 Å². The van der Waals surface area contributed by atoms with Crippen LogP contribution in [0.15, 0.2) is 103 Å². The molecule has 460 valence electrons. The number of carbonyl (C=O) groups is 5. The fourth-order valence-electron chi connectivity index (χ4n) is 11.3. The molecular weight excluding hydrogens is 1210 g/mol. The maximum absolute atomic E-state index is 14.2. The van der Waals surface area contributed by atoms with Gasteiger partial charge in [-0.3, -0.25) is 29.5 Å². The Morgan fingerprint density at radius 2 is 1.64 bits per heavy atom. The number of hydrogen-bond donors (Lipinski definition) is 5. The van der Waals surface area contributed by atoms with Gasteiger partial charge in [-0.15, -0.1) is 22.7 Å². The summed E-state index contributed by atoms with van der Waals surface area (Å²) in [5.41, 5.74) is 9.61.